The number of rotatable bonds is 2. The van der Waals surface area contributed by atoms with E-state index in [-0.39, 0.29) is 5.92 Å². The van der Waals surface area contributed by atoms with Crippen molar-refractivity contribution in [3.8, 4) is 6.07 Å². The monoisotopic (exact) mass is 211 g/mol. The van der Waals surface area contributed by atoms with Gasteiger partial charge in [0.25, 0.3) is 0 Å². The lowest BCUT2D eigenvalue weighted by atomic mass is 9.97. The fourth-order valence-corrected chi connectivity index (χ4v) is 1.82. The molecule has 2 N–H and O–H groups in total. The van der Waals surface area contributed by atoms with Gasteiger partial charge < -0.3 is 5.73 Å². The molecule has 1 heterocycles. The van der Waals surface area contributed by atoms with Crippen molar-refractivity contribution in [1.29, 1.82) is 5.26 Å². The summed E-state index contributed by atoms with van der Waals surface area (Å²) in [6.07, 6.45) is 1.67. The summed E-state index contributed by atoms with van der Waals surface area (Å²) in [5.74, 6) is 0.255. The predicted octanol–water partition coefficient (Wildman–Crippen LogP) is 2.17. The first kappa shape index (κ1) is 10.6. The Labute approximate surface area is 94.5 Å². The van der Waals surface area contributed by atoms with Crippen molar-refractivity contribution in [2.75, 3.05) is 6.54 Å². The van der Waals surface area contributed by atoms with Crippen molar-refractivity contribution < 1.29 is 0 Å². The van der Waals surface area contributed by atoms with E-state index in [4.69, 9.17) is 11.0 Å². The van der Waals surface area contributed by atoms with Crippen LogP contribution < -0.4 is 5.73 Å². The van der Waals surface area contributed by atoms with Gasteiger partial charge in [-0.05, 0) is 24.1 Å². The molecule has 0 saturated carbocycles. The summed E-state index contributed by atoms with van der Waals surface area (Å²) < 4.78 is 0. The zero-order valence-corrected chi connectivity index (χ0v) is 9.14. The number of hydrogen-bond donors (Lipinski definition) is 1. The second-order valence-electron chi connectivity index (χ2n) is 3.85. The molecule has 1 aromatic heterocycles. The Kier molecular flexibility index (Phi) is 2.84. The van der Waals surface area contributed by atoms with Crippen LogP contribution in [0.4, 0.5) is 0 Å². The van der Waals surface area contributed by atoms with Gasteiger partial charge in [-0.3, -0.25) is 4.98 Å². The average Bonchev–Trinajstić information content (AvgIpc) is 2.36. The van der Waals surface area contributed by atoms with E-state index >= 15 is 0 Å². The molecule has 0 aliphatic carbocycles. The maximum Gasteiger partial charge on any atom is 0.0999 e. The van der Waals surface area contributed by atoms with Gasteiger partial charge in [-0.15, -0.1) is 0 Å². The molecule has 0 radical (unpaired) electrons. The van der Waals surface area contributed by atoms with Crippen molar-refractivity contribution in [2.24, 2.45) is 5.73 Å². The lowest BCUT2D eigenvalue weighted by molar-refractivity contribution is 0.779. The highest BCUT2D eigenvalue weighted by Gasteiger charge is 2.10. The van der Waals surface area contributed by atoms with Crippen LogP contribution in [0.25, 0.3) is 10.9 Å². The quantitative estimate of drug-likeness (QED) is 0.828. The maximum absolute atomic E-state index is 9.02. The van der Waals surface area contributed by atoms with Crippen LogP contribution in [0.1, 0.15) is 24.0 Å². The average molecular weight is 211 g/mol. The maximum atomic E-state index is 9.02. The van der Waals surface area contributed by atoms with Crippen molar-refractivity contribution in [1.82, 2.24) is 4.98 Å². The van der Waals surface area contributed by atoms with Gasteiger partial charge in [-0.25, -0.2) is 0 Å². The van der Waals surface area contributed by atoms with E-state index in [1.54, 1.807) is 12.3 Å². The van der Waals surface area contributed by atoms with Gasteiger partial charge in [0.05, 0.1) is 17.1 Å². The Morgan fingerprint density at radius 1 is 1.44 bits per heavy atom. The molecule has 2 rings (SSSR count). The Balaban J connectivity index is 2.75. The highest BCUT2D eigenvalue weighted by atomic mass is 14.7. The highest BCUT2D eigenvalue weighted by molar-refractivity contribution is 5.87. The minimum atomic E-state index is 0.255. The Morgan fingerprint density at radius 2 is 2.25 bits per heavy atom. The summed E-state index contributed by atoms with van der Waals surface area (Å²) in [7, 11) is 0. The first-order chi connectivity index (χ1) is 7.77. The Hall–Kier alpha value is -1.92. The summed E-state index contributed by atoms with van der Waals surface area (Å²) in [5.41, 5.74) is 8.33. The van der Waals surface area contributed by atoms with Crippen LogP contribution in [-0.2, 0) is 0 Å². The first-order valence-corrected chi connectivity index (χ1v) is 5.25. The van der Waals surface area contributed by atoms with Crippen molar-refractivity contribution >= 4 is 10.9 Å². The van der Waals surface area contributed by atoms with E-state index in [1.807, 2.05) is 18.2 Å². The highest BCUT2D eigenvalue weighted by Crippen LogP contribution is 2.25. The molecular weight excluding hydrogens is 198 g/mol. The SMILES string of the molecule is CC(CN)c1cccc2c(C#N)ccnc12. The number of nitriles is 1. The second-order valence-corrected chi connectivity index (χ2v) is 3.85. The van der Waals surface area contributed by atoms with Gasteiger partial charge >= 0.3 is 0 Å². The van der Waals surface area contributed by atoms with Gasteiger partial charge in [0, 0.05) is 11.6 Å². The molecule has 1 atom stereocenters. The molecule has 3 nitrogen and oxygen atoms in total. The van der Waals surface area contributed by atoms with E-state index in [1.165, 1.54) is 0 Å². The Bertz CT molecular complexity index is 555. The number of nitrogens with two attached hydrogens (primary N) is 1. The van der Waals surface area contributed by atoms with E-state index in [0.717, 1.165) is 16.5 Å². The smallest absolute Gasteiger partial charge is 0.0999 e. The van der Waals surface area contributed by atoms with Crippen LogP contribution in [0.5, 0.6) is 0 Å². The van der Waals surface area contributed by atoms with Crippen LogP contribution in [0.15, 0.2) is 30.5 Å². The van der Waals surface area contributed by atoms with Gasteiger partial charge in [-0.2, -0.15) is 5.26 Å². The molecule has 0 fully saturated rings. The summed E-state index contributed by atoms with van der Waals surface area (Å²) in [6.45, 7) is 2.65. The number of nitrogens with zero attached hydrogens (tertiary/aromatic N) is 2. The van der Waals surface area contributed by atoms with E-state index in [9.17, 15) is 0 Å². The Morgan fingerprint density at radius 3 is 2.94 bits per heavy atom. The molecule has 0 spiro atoms. The number of para-hydroxylation sites is 1. The number of pyridine rings is 1. The van der Waals surface area contributed by atoms with E-state index in [0.29, 0.717) is 12.1 Å². The molecule has 0 aliphatic heterocycles. The predicted molar refractivity (Wildman–Crippen MR) is 63.9 cm³/mol. The third-order valence-electron chi connectivity index (χ3n) is 2.81. The minimum absolute atomic E-state index is 0.255. The molecule has 1 aromatic carbocycles. The summed E-state index contributed by atoms with van der Waals surface area (Å²) in [4.78, 5) is 4.35. The van der Waals surface area contributed by atoms with Crippen LogP contribution >= 0.6 is 0 Å². The molecule has 1 unspecified atom stereocenters. The fraction of sp³-hybridized carbons (Fsp3) is 0.231. The van der Waals surface area contributed by atoms with Crippen LogP contribution in [0, 0.1) is 11.3 Å². The van der Waals surface area contributed by atoms with Crippen LogP contribution in [0.3, 0.4) is 0 Å². The number of aromatic nitrogens is 1. The molecule has 0 bridgehead atoms. The molecule has 80 valence electrons. The standard InChI is InChI=1S/C13H13N3/c1-9(7-14)11-3-2-4-12-10(8-15)5-6-16-13(11)12/h2-6,9H,7,14H2,1H3. The normalized spacial score (nSPS) is 12.3. The fourth-order valence-electron chi connectivity index (χ4n) is 1.82. The third-order valence-corrected chi connectivity index (χ3v) is 2.81. The van der Waals surface area contributed by atoms with Crippen molar-refractivity contribution in [2.45, 2.75) is 12.8 Å². The third kappa shape index (κ3) is 1.64. The van der Waals surface area contributed by atoms with Crippen molar-refractivity contribution in [3.05, 3.63) is 41.6 Å². The minimum Gasteiger partial charge on any atom is -0.330 e. The van der Waals surface area contributed by atoms with Crippen molar-refractivity contribution in [3.63, 3.8) is 0 Å². The number of hydrogen-bond acceptors (Lipinski definition) is 3. The summed E-state index contributed by atoms with van der Waals surface area (Å²) in [5, 5.41) is 9.93. The largest absolute Gasteiger partial charge is 0.330 e. The zero-order chi connectivity index (χ0) is 11.5. The molecule has 3 heteroatoms. The van der Waals surface area contributed by atoms with E-state index in [2.05, 4.69) is 18.0 Å². The summed E-state index contributed by atoms with van der Waals surface area (Å²) in [6, 6.07) is 9.82. The number of fused-ring (bicyclic) bond motifs is 1. The molecule has 0 aliphatic rings. The van der Waals surface area contributed by atoms with Gasteiger partial charge in [0.1, 0.15) is 0 Å². The molecular formula is C13H13N3. The second kappa shape index (κ2) is 4.30. The van der Waals surface area contributed by atoms with Crippen LogP contribution in [0.2, 0.25) is 0 Å². The molecule has 0 saturated heterocycles. The lowest BCUT2D eigenvalue weighted by Gasteiger charge is -2.11. The van der Waals surface area contributed by atoms with Gasteiger partial charge in [0.15, 0.2) is 0 Å². The van der Waals surface area contributed by atoms with E-state index < -0.39 is 0 Å². The number of benzene rings is 1. The zero-order valence-electron chi connectivity index (χ0n) is 9.14. The van der Waals surface area contributed by atoms with Crippen LogP contribution in [-0.4, -0.2) is 11.5 Å². The van der Waals surface area contributed by atoms with Gasteiger partial charge in [-0.1, -0.05) is 25.1 Å². The summed E-state index contributed by atoms with van der Waals surface area (Å²) >= 11 is 0. The first-order valence-electron chi connectivity index (χ1n) is 5.25. The topological polar surface area (TPSA) is 62.7 Å². The molecule has 16 heavy (non-hydrogen) atoms. The molecule has 2 aromatic rings. The molecule has 0 amide bonds. The van der Waals surface area contributed by atoms with Gasteiger partial charge in [0.2, 0.25) is 0 Å². The lowest BCUT2D eigenvalue weighted by Crippen LogP contribution is -2.09.